The van der Waals surface area contributed by atoms with Crippen LogP contribution in [-0.2, 0) is 6.54 Å². The summed E-state index contributed by atoms with van der Waals surface area (Å²) in [7, 11) is 0. The van der Waals surface area contributed by atoms with Gasteiger partial charge in [-0.3, -0.25) is 0 Å². The third kappa shape index (κ3) is 1.90. The fraction of sp³-hybridized carbons (Fsp3) is 0.545. The van der Waals surface area contributed by atoms with Gasteiger partial charge < -0.3 is 5.32 Å². The van der Waals surface area contributed by atoms with E-state index in [1.165, 1.54) is 12.8 Å². The van der Waals surface area contributed by atoms with Crippen LogP contribution in [0.1, 0.15) is 24.4 Å². The fourth-order valence-corrected chi connectivity index (χ4v) is 1.75. The lowest BCUT2D eigenvalue weighted by atomic mass is 10.4. The van der Waals surface area contributed by atoms with Gasteiger partial charge in [-0.2, -0.15) is 9.61 Å². The molecule has 5 heteroatoms. The molecule has 0 unspecified atom stereocenters. The second-order valence-electron chi connectivity index (χ2n) is 4.44. The standard InChI is InChI=1S/C11H15N5/c1-8-2-5-10-13-14-11(16(10)15-8)7-12-6-9-3-4-9/h2,5,9,12H,3-4,6-7H2,1H3. The monoisotopic (exact) mass is 217 g/mol. The van der Waals surface area contributed by atoms with E-state index in [2.05, 4.69) is 20.6 Å². The molecule has 0 bridgehead atoms. The molecule has 0 aromatic carbocycles. The van der Waals surface area contributed by atoms with E-state index in [9.17, 15) is 0 Å². The zero-order valence-corrected chi connectivity index (χ0v) is 9.35. The molecular weight excluding hydrogens is 202 g/mol. The predicted octanol–water partition coefficient (Wildman–Crippen LogP) is 0.932. The Balaban J connectivity index is 1.76. The predicted molar refractivity (Wildman–Crippen MR) is 59.9 cm³/mol. The van der Waals surface area contributed by atoms with Crippen molar-refractivity contribution in [2.24, 2.45) is 5.92 Å². The van der Waals surface area contributed by atoms with Crippen molar-refractivity contribution in [1.29, 1.82) is 0 Å². The lowest BCUT2D eigenvalue weighted by Gasteiger charge is -2.01. The van der Waals surface area contributed by atoms with Gasteiger partial charge in [-0.25, -0.2) is 0 Å². The van der Waals surface area contributed by atoms with Gasteiger partial charge in [0.05, 0.1) is 12.2 Å². The van der Waals surface area contributed by atoms with Crippen LogP contribution < -0.4 is 5.32 Å². The number of nitrogens with zero attached hydrogens (tertiary/aromatic N) is 4. The van der Waals surface area contributed by atoms with Gasteiger partial charge in [0, 0.05) is 0 Å². The van der Waals surface area contributed by atoms with Crippen molar-refractivity contribution in [2.75, 3.05) is 6.54 Å². The Hall–Kier alpha value is -1.49. The molecule has 1 saturated carbocycles. The minimum atomic E-state index is 0.744. The average molecular weight is 217 g/mol. The number of fused-ring (bicyclic) bond motifs is 1. The van der Waals surface area contributed by atoms with E-state index in [-0.39, 0.29) is 0 Å². The third-order valence-electron chi connectivity index (χ3n) is 2.87. The molecule has 0 amide bonds. The molecule has 1 aliphatic carbocycles. The van der Waals surface area contributed by atoms with Crippen molar-refractivity contribution in [2.45, 2.75) is 26.3 Å². The Morgan fingerprint density at radius 1 is 1.38 bits per heavy atom. The lowest BCUT2D eigenvalue weighted by Crippen LogP contribution is -2.18. The van der Waals surface area contributed by atoms with Gasteiger partial charge in [0.25, 0.3) is 0 Å². The molecule has 1 fully saturated rings. The van der Waals surface area contributed by atoms with Crippen LogP contribution in [0.5, 0.6) is 0 Å². The Kier molecular flexibility index (Phi) is 2.32. The van der Waals surface area contributed by atoms with Crippen LogP contribution in [-0.4, -0.2) is 26.4 Å². The first-order valence-corrected chi connectivity index (χ1v) is 5.71. The highest BCUT2D eigenvalue weighted by atomic mass is 15.4. The zero-order valence-electron chi connectivity index (χ0n) is 9.35. The largest absolute Gasteiger partial charge is 0.310 e. The molecule has 3 rings (SSSR count). The number of hydrogen-bond acceptors (Lipinski definition) is 4. The van der Waals surface area contributed by atoms with Gasteiger partial charge in [0.1, 0.15) is 0 Å². The molecule has 1 N–H and O–H groups in total. The van der Waals surface area contributed by atoms with Gasteiger partial charge in [0.15, 0.2) is 11.5 Å². The number of rotatable bonds is 4. The summed E-state index contributed by atoms with van der Waals surface area (Å²) in [5.41, 5.74) is 1.80. The number of nitrogens with one attached hydrogen (secondary N) is 1. The molecule has 2 heterocycles. The first kappa shape index (κ1) is 9.72. The summed E-state index contributed by atoms with van der Waals surface area (Å²) in [5.74, 6) is 1.77. The van der Waals surface area contributed by atoms with Gasteiger partial charge in [-0.1, -0.05) is 0 Å². The number of aryl methyl sites for hydroxylation is 1. The van der Waals surface area contributed by atoms with Gasteiger partial charge in [-0.15, -0.1) is 10.2 Å². The van der Waals surface area contributed by atoms with Crippen LogP contribution >= 0.6 is 0 Å². The minimum Gasteiger partial charge on any atom is -0.310 e. The second-order valence-corrected chi connectivity index (χ2v) is 4.44. The van der Waals surface area contributed by atoms with Crippen molar-refractivity contribution in [3.8, 4) is 0 Å². The molecule has 2 aromatic rings. The fourth-order valence-electron chi connectivity index (χ4n) is 1.75. The third-order valence-corrected chi connectivity index (χ3v) is 2.87. The normalized spacial score (nSPS) is 15.8. The van der Waals surface area contributed by atoms with Crippen molar-refractivity contribution < 1.29 is 0 Å². The highest BCUT2D eigenvalue weighted by molar-refractivity contribution is 5.35. The Morgan fingerprint density at radius 2 is 2.25 bits per heavy atom. The summed E-state index contributed by atoms with van der Waals surface area (Å²) in [6.07, 6.45) is 2.73. The van der Waals surface area contributed by atoms with Crippen LogP contribution in [0.2, 0.25) is 0 Å². The SMILES string of the molecule is Cc1ccc2nnc(CNCC3CC3)n2n1. The van der Waals surface area contributed by atoms with E-state index in [0.717, 1.165) is 36.2 Å². The maximum atomic E-state index is 4.40. The Morgan fingerprint density at radius 3 is 3.06 bits per heavy atom. The van der Waals surface area contributed by atoms with Gasteiger partial charge in [0.2, 0.25) is 0 Å². The van der Waals surface area contributed by atoms with Crippen molar-refractivity contribution in [3.05, 3.63) is 23.7 Å². The summed E-state index contributed by atoms with van der Waals surface area (Å²) >= 11 is 0. The van der Waals surface area contributed by atoms with E-state index in [0.29, 0.717) is 0 Å². The first-order valence-electron chi connectivity index (χ1n) is 5.71. The molecule has 1 aliphatic rings. The molecule has 0 atom stereocenters. The molecule has 2 aromatic heterocycles. The molecule has 16 heavy (non-hydrogen) atoms. The maximum absolute atomic E-state index is 4.40. The van der Waals surface area contributed by atoms with Crippen molar-refractivity contribution in [3.63, 3.8) is 0 Å². The van der Waals surface area contributed by atoms with E-state index >= 15 is 0 Å². The molecular formula is C11H15N5. The molecule has 0 spiro atoms. The minimum absolute atomic E-state index is 0.744. The summed E-state index contributed by atoms with van der Waals surface area (Å²) in [5, 5.41) is 16.0. The quantitative estimate of drug-likeness (QED) is 0.827. The van der Waals surface area contributed by atoms with E-state index in [4.69, 9.17) is 0 Å². The first-order chi connectivity index (χ1) is 7.83. The van der Waals surface area contributed by atoms with Gasteiger partial charge >= 0.3 is 0 Å². The Bertz CT molecular complexity index is 500. The van der Waals surface area contributed by atoms with Crippen LogP contribution in [0.3, 0.4) is 0 Å². The van der Waals surface area contributed by atoms with Gasteiger partial charge in [-0.05, 0) is 44.4 Å². The Labute approximate surface area is 93.9 Å². The summed E-state index contributed by atoms with van der Waals surface area (Å²) in [4.78, 5) is 0. The highest BCUT2D eigenvalue weighted by Crippen LogP contribution is 2.27. The second kappa shape index (κ2) is 3.83. The summed E-state index contributed by atoms with van der Waals surface area (Å²) < 4.78 is 1.81. The van der Waals surface area contributed by atoms with Crippen molar-refractivity contribution >= 4 is 5.65 Å². The van der Waals surface area contributed by atoms with Crippen LogP contribution in [0, 0.1) is 12.8 Å². The maximum Gasteiger partial charge on any atom is 0.177 e. The highest BCUT2D eigenvalue weighted by Gasteiger charge is 2.20. The topological polar surface area (TPSA) is 55.1 Å². The van der Waals surface area contributed by atoms with E-state index in [1.807, 2.05) is 23.6 Å². The van der Waals surface area contributed by atoms with E-state index < -0.39 is 0 Å². The zero-order chi connectivity index (χ0) is 11.0. The smallest absolute Gasteiger partial charge is 0.177 e. The number of aromatic nitrogens is 4. The summed E-state index contributed by atoms with van der Waals surface area (Å²) in [6.45, 7) is 3.80. The van der Waals surface area contributed by atoms with Crippen LogP contribution in [0.4, 0.5) is 0 Å². The molecule has 0 aliphatic heterocycles. The van der Waals surface area contributed by atoms with E-state index in [1.54, 1.807) is 0 Å². The summed E-state index contributed by atoms with van der Waals surface area (Å²) in [6, 6.07) is 3.89. The lowest BCUT2D eigenvalue weighted by molar-refractivity contribution is 0.606. The number of hydrogen-bond donors (Lipinski definition) is 1. The average Bonchev–Trinajstić information content (AvgIpc) is 3.01. The molecule has 84 valence electrons. The molecule has 0 saturated heterocycles. The molecule has 0 radical (unpaired) electrons. The molecule has 5 nitrogen and oxygen atoms in total. The van der Waals surface area contributed by atoms with Crippen LogP contribution in [0.25, 0.3) is 5.65 Å². The van der Waals surface area contributed by atoms with Crippen molar-refractivity contribution in [1.82, 2.24) is 25.1 Å². The van der Waals surface area contributed by atoms with Crippen LogP contribution in [0.15, 0.2) is 12.1 Å².